The van der Waals surface area contributed by atoms with Gasteiger partial charge in [0.05, 0.1) is 0 Å². The van der Waals surface area contributed by atoms with Gasteiger partial charge in [0.25, 0.3) is 0 Å². The molecule has 1 atom stereocenters. The number of carboxylic acid groups (broad SMARTS) is 1. The maximum atomic E-state index is 11.5. The van der Waals surface area contributed by atoms with Crippen LogP contribution >= 0.6 is 0 Å². The summed E-state index contributed by atoms with van der Waals surface area (Å²) in [6, 6.07) is 4.91. The molecule has 0 saturated heterocycles. The molecule has 5 nitrogen and oxygen atoms in total. The summed E-state index contributed by atoms with van der Waals surface area (Å²) < 4.78 is 0. The van der Waals surface area contributed by atoms with Gasteiger partial charge in [0.15, 0.2) is 6.04 Å². The van der Waals surface area contributed by atoms with E-state index in [4.69, 9.17) is 0 Å². The molecule has 0 aliphatic heterocycles. The van der Waals surface area contributed by atoms with E-state index >= 15 is 0 Å². The molecule has 0 saturated carbocycles. The predicted octanol–water partition coefficient (Wildman–Crippen LogP) is 1.78. The minimum absolute atomic E-state index is 0.0150. The zero-order valence-corrected chi connectivity index (χ0v) is 10.5. The molecule has 1 amide bonds. The SMILES string of the molecule is CCCN(C(C)=O)C(C(=O)O)c1cccc(O)c1. The zero-order valence-electron chi connectivity index (χ0n) is 10.5. The van der Waals surface area contributed by atoms with E-state index in [0.717, 1.165) is 0 Å². The second-order valence-corrected chi connectivity index (χ2v) is 4.05. The molecule has 0 bridgehead atoms. The van der Waals surface area contributed by atoms with Gasteiger partial charge in [0.1, 0.15) is 5.75 Å². The minimum Gasteiger partial charge on any atom is -0.508 e. The first-order valence-electron chi connectivity index (χ1n) is 5.76. The molecule has 0 heterocycles. The van der Waals surface area contributed by atoms with Gasteiger partial charge in [-0.05, 0) is 24.1 Å². The first-order valence-corrected chi connectivity index (χ1v) is 5.76. The lowest BCUT2D eigenvalue weighted by Crippen LogP contribution is -2.38. The summed E-state index contributed by atoms with van der Waals surface area (Å²) in [4.78, 5) is 24.2. The number of phenolic OH excluding ortho intramolecular Hbond substituents is 1. The molecule has 2 N–H and O–H groups in total. The van der Waals surface area contributed by atoms with Crippen LogP contribution in [0.3, 0.4) is 0 Å². The van der Waals surface area contributed by atoms with Gasteiger partial charge >= 0.3 is 5.97 Å². The van der Waals surface area contributed by atoms with Crippen molar-refractivity contribution in [2.75, 3.05) is 6.54 Å². The number of benzene rings is 1. The van der Waals surface area contributed by atoms with Gasteiger partial charge < -0.3 is 15.1 Å². The summed E-state index contributed by atoms with van der Waals surface area (Å²) in [6.45, 7) is 3.58. The molecule has 98 valence electrons. The van der Waals surface area contributed by atoms with E-state index in [1.54, 1.807) is 12.1 Å². The number of carboxylic acids is 1. The largest absolute Gasteiger partial charge is 0.508 e. The maximum absolute atomic E-state index is 11.5. The molecule has 1 aromatic rings. The van der Waals surface area contributed by atoms with Crippen LogP contribution in [0.2, 0.25) is 0 Å². The number of hydrogen-bond acceptors (Lipinski definition) is 3. The third kappa shape index (κ3) is 3.23. The Balaban J connectivity index is 3.15. The van der Waals surface area contributed by atoms with Crippen molar-refractivity contribution in [2.45, 2.75) is 26.3 Å². The Morgan fingerprint density at radius 1 is 1.39 bits per heavy atom. The van der Waals surface area contributed by atoms with Crippen LogP contribution in [0.1, 0.15) is 31.9 Å². The average Bonchev–Trinajstić information content (AvgIpc) is 2.27. The van der Waals surface area contributed by atoms with Crippen molar-refractivity contribution in [1.29, 1.82) is 0 Å². The first kappa shape index (κ1) is 14.0. The highest BCUT2D eigenvalue weighted by atomic mass is 16.4. The lowest BCUT2D eigenvalue weighted by atomic mass is 10.0. The van der Waals surface area contributed by atoms with Crippen LogP contribution < -0.4 is 0 Å². The third-order valence-corrected chi connectivity index (χ3v) is 2.60. The zero-order chi connectivity index (χ0) is 13.7. The van der Waals surface area contributed by atoms with Crippen LogP contribution in [0.4, 0.5) is 0 Å². The highest BCUT2D eigenvalue weighted by molar-refractivity contribution is 5.83. The molecule has 0 aliphatic carbocycles. The molecule has 18 heavy (non-hydrogen) atoms. The van der Waals surface area contributed by atoms with Gasteiger partial charge in [-0.15, -0.1) is 0 Å². The number of rotatable bonds is 5. The summed E-state index contributed by atoms with van der Waals surface area (Å²) in [5.74, 6) is -1.42. The summed E-state index contributed by atoms with van der Waals surface area (Å²) >= 11 is 0. The van der Waals surface area contributed by atoms with Crippen LogP contribution in [-0.4, -0.2) is 33.5 Å². The number of phenols is 1. The fourth-order valence-corrected chi connectivity index (χ4v) is 1.86. The molecule has 0 radical (unpaired) electrons. The molecular weight excluding hydrogens is 234 g/mol. The summed E-state index contributed by atoms with van der Waals surface area (Å²) in [5.41, 5.74) is 0.395. The smallest absolute Gasteiger partial charge is 0.331 e. The molecular formula is C13H17NO4. The normalized spacial score (nSPS) is 11.9. The molecule has 1 unspecified atom stereocenters. The van der Waals surface area contributed by atoms with Crippen LogP contribution in [-0.2, 0) is 9.59 Å². The van der Waals surface area contributed by atoms with E-state index in [-0.39, 0.29) is 11.7 Å². The minimum atomic E-state index is -1.11. The van der Waals surface area contributed by atoms with E-state index < -0.39 is 12.0 Å². The highest BCUT2D eigenvalue weighted by Crippen LogP contribution is 2.24. The summed E-state index contributed by atoms with van der Waals surface area (Å²) in [5, 5.41) is 18.7. The second kappa shape index (κ2) is 6.05. The van der Waals surface area contributed by atoms with Crippen molar-refractivity contribution >= 4 is 11.9 Å². The quantitative estimate of drug-likeness (QED) is 0.836. The molecule has 1 aromatic carbocycles. The van der Waals surface area contributed by atoms with Crippen LogP contribution in [0.15, 0.2) is 24.3 Å². The number of nitrogens with zero attached hydrogens (tertiary/aromatic N) is 1. The number of carbonyl (C=O) groups is 2. The standard InChI is InChI=1S/C13H17NO4/c1-3-7-14(9(2)15)12(13(17)18)10-5-4-6-11(16)8-10/h4-6,8,12,16H,3,7H2,1-2H3,(H,17,18). The second-order valence-electron chi connectivity index (χ2n) is 4.05. The molecule has 1 rings (SSSR count). The number of hydrogen-bond donors (Lipinski definition) is 2. The third-order valence-electron chi connectivity index (χ3n) is 2.60. The molecule has 0 fully saturated rings. The number of carbonyl (C=O) groups excluding carboxylic acids is 1. The highest BCUT2D eigenvalue weighted by Gasteiger charge is 2.28. The van der Waals surface area contributed by atoms with E-state index in [1.165, 1.54) is 24.0 Å². The summed E-state index contributed by atoms with van der Waals surface area (Å²) in [6.07, 6.45) is 0.669. The van der Waals surface area contributed by atoms with Crippen molar-refractivity contribution in [1.82, 2.24) is 4.90 Å². The van der Waals surface area contributed by atoms with Crippen LogP contribution in [0.25, 0.3) is 0 Å². The van der Waals surface area contributed by atoms with Crippen LogP contribution in [0.5, 0.6) is 5.75 Å². The topological polar surface area (TPSA) is 77.8 Å². The Hall–Kier alpha value is -2.04. The number of amides is 1. The number of aromatic hydroxyl groups is 1. The van der Waals surface area contributed by atoms with Crippen molar-refractivity contribution < 1.29 is 19.8 Å². The Bertz CT molecular complexity index is 444. The molecule has 0 aliphatic rings. The first-order chi connectivity index (χ1) is 8.47. The fourth-order valence-electron chi connectivity index (χ4n) is 1.86. The van der Waals surface area contributed by atoms with Gasteiger partial charge in [-0.2, -0.15) is 0 Å². The molecule has 0 spiro atoms. The Kier molecular flexibility index (Phi) is 4.71. The Morgan fingerprint density at radius 2 is 2.06 bits per heavy atom. The van der Waals surface area contributed by atoms with E-state index in [2.05, 4.69) is 0 Å². The predicted molar refractivity (Wildman–Crippen MR) is 66.2 cm³/mol. The Morgan fingerprint density at radius 3 is 2.50 bits per heavy atom. The van der Waals surface area contributed by atoms with Crippen molar-refractivity contribution in [3.8, 4) is 5.75 Å². The van der Waals surface area contributed by atoms with Gasteiger partial charge in [-0.25, -0.2) is 4.79 Å². The van der Waals surface area contributed by atoms with E-state index in [0.29, 0.717) is 18.5 Å². The van der Waals surface area contributed by atoms with Gasteiger partial charge in [0.2, 0.25) is 5.91 Å². The van der Waals surface area contributed by atoms with Gasteiger partial charge in [-0.1, -0.05) is 19.1 Å². The van der Waals surface area contributed by atoms with Gasteiger partial charge in [-0.3, -0.25) is 4.79 Å². The maximum Gasteiger partial charge on any atom is 0.331 e. The van der Waals surface area contributed by atoms with E-state index in [9.17, 15) is 19.8 Å². The van der Waals surface area contributed by atoms with E-state index in [1.807, 2.05) is 6.92 Å². The monoisotopic (exact) mass is 251 g/mol. The molecule has 5 heteroatoms. The molecule has 0 aromatic heterocycles. The number of aliphatic carboxylic acids is 1. The van der Waals surface area contributed by atoms with Gasteiger partial charge in [0, 0.05) is 13.5 Å². The average molecular weight is 251 g/mol. The van der Waals surface area contributed by atoms with Crippen molar-refractivity contribution in [3.63, 3.8) is 0 Å². The lowest BCUT2D eigenvalue weighted by Gasteiger charge is -2.27. The Labute approximate surface area is 106 Å². The van der Waals surface area contributed by atoms with Crippen molar-refractivity contribution in [2.24, 2.45) is 0 Å². The van der Waals surface area contributed by atoms with Crippen LogP contribution in [0, 0.1) is 0 Å². The van der Waals surface area contributed by atoms with Crippen molar-refractivity contribution in [3.05, 3.63) is 29.8 Å². The fraction of sp³-hybridized carbons (Fsp3) is 0.385. The lowest BCUT2D eigenvalue weighted by molar-refractivity contribution is -0.149. The summed E-state index contributed by atoms with van der Waals surface area (Å²) in [7, 11) is 0.